The number of ether oxygens (including phenoxy) is 1. The Kier molecular flexibility index (Phi) is 3.98. The zero-order chi connectivity index (χ0) is 12.1. The molecule has 1 amide bonds. The van der Waals surface area contributed by atoms with E-state index in [1.165, 1.54) is 5.56 Å². The first-order chi connectivity index (χ1) is 8.24. The van der Waals surface area contributed by atoms with Crippen LogP contribution in [0.25, 0.3) is 0 Å². The minimum absolute atomic E-state index is 0.00537. The molecule has 1 heterocycles. The molecular weight excluding hydrogens is 216 g/mol. The fourth-order valence-corrected chi connectivity index (χ4v) is 1.86. The maximum Gasteiger partial charge on any atom is 0.411 e. The average Bonchev–Trinajstić information content (AvgIpc) is 2.33. The van der Waals surface area contributed by atoms with Gasteiger partial charge in [-0.05, 0) is 38.4 Å². The van der Waals surface area contributed by atoms with Crippen molar-refractivity contribution in [3.05, 3.63) is 29.8 Å². The molecule has 1 aliphatic rings. The van der Waals surface area contributed by atoms with E-state index in [1.54, 1.807) is 0 Å². The Morgan fingerprint density at radius 2 is 2.18 bits per heavy atom. The summed E-state index contributed by atoms with van der Waals surface area (Å²) in [6, 6.07) is 7.65. The zero-order valence-corrected chi connectivity index (χ0v) is 10.0. The van der Waals surface area contributed by atoms with Crippen molar-refractivity contribution in [2.24, 2.45) is 0 Å². The molecule has 1 atom stereocenters. The number of hydrogen-bond donors (Lipinski definition) is 2. The van der Waals surface area contributed by atoms with E-state index in [4.69, 9.17) is 4.74 Å². The van der Waals surface area contributed by atoms with Gasteiger partial charge < -0.3 is 10.1 Å². The highest BCUT2D eigenvalue weighted by molar-refractivity contribution is 5.84. The van der Waals surface area contributed by atoms with Crippen molar-refractivity contribution in [2.75, 3.05) is 18.4 Å². The van der Waals surface area contributed by atoms with Crippen molar-refractivity contribution in [3.8, 4) is 0 Å². The Morgan fingerprint density at radius 1 is 1.41 bits per heavy atom. The number of carbonyl (C=O) groups excluding carboxylic acids is 1. The first-order valence-electron chi connectivity index (χ1n) is 5.99. The van der Waals surface area contributed by atoms with Gasteiger partial charge in [0.05, 0.1) is 0 Å². The molecule has 0 unspecified atom stereocenters. The molecule has 4 heteroatoms. The molecule has 4 nitrogen and oxygen atoms in total. The summed E-state index contributed by atoms with van der Waals surface area (Å²) >= 11 is 0. The van der Waals surface area contributed by atoms with E-state index < -0.39 is 0 Å². The lowest BCUT2D eigenvalue weighted by molar-refractivity contribution is 0.0941. The van der Waals surface area contributed by atoms with E-state index >= 15 is 0 Å². The Bertz CT molecular complexity index is 370. The van der Waals surface area contributed by atoms with Crippen LogP contribution < -0.4 is 10.6 Å². The highest BCUT2D eigenvalue weighted by Gasteiger charge is 2.17. The van der Waals surface area contributed by atoms with E-state index in [-0.39, 0.29) is 12.2 Å². The number of benzene rings is 1. The summed E-state index contributed by atoms with van der Waals surface area (Å²) in [5, 5.41) is 5.93. The largest absolute Gasteiger partial charge is 0.445 e. The summed E-state index contributed by atoms with van der Waals surface area (Å²) in [5.74, 6) is 0. The standard InChI is InChI=1S/C13H18N2O2/c1-10-4-6-11(7-5-10)15-13(16)17-12-3-2-8-14-9-12/h4-7,12,14H,2-3,8-9H2,1H3,(H,15,16)/t12-/m0/s1. The third-order valence-corrected chi connectivity index (χ3v) is 2.82. The van der Waals surface area contributed by atoms with E-state index in [0.29, 0.717) is 0 Å². The maximum atomic E-state index is 11.6. The number of amides is 1. The number of piperidine rings is 1. The van der Waals surface area contributed by atoms with Crippen LogP contribution in [0.3, 0.4) is 0 Å². The van der Waals surface area contributed by atoms with Crippen LogP contribution in [-0.2, 0) is 4.74 Å². The van der Waals surface area contributed by atoms with Crippen LogP contribution in [0.15, 0.2) is 24.3 Å². The number of hydrogen-bond acceptors (Lipinski definition) is 3. The molecule has 0 spiro atoms. The normalized spacial score (nSPS) is 19.7. The number of anilines is 1. The second-order valence-electron chi connectivity index (χ2n) is 4.36. The topological polar surface area (TPSA) is 50.4 Å². The number of carbonyl (C=O) groups is 1. The summed E-state index contributed by atoms with van der Waals surface area (Å²) in [6.45, 7) is 3.77. The summed E-state index contributed by atoms with van der Waals surface area (Å²) in [4.78, 5) is 11.6. The Hall–Kier alpha value is -1.55. The van der Waals surface area contributed by atoms with E-state index in [2.05, 4.69) is 10.6 Å². The third-order valence-electron chi connectivity index (χ3n) is 2.82. The van der Waals surface area contributed by atoms with Crippen LogP contribution in [-0.4, -0.2) is 25.3 Å². The van der Waals surface area contributed by atoms with Crippen molar-refractivity contribution < 1.29 is 9.53 Å². The van der Waals surface area contributed by atoms with Gasteiger partial charge >= 0.3 is 6.09 Å². The summed E-state index contributed by atoms with van der Waals surface area (Å²) < 4.78 is 5.31. The highest BCUT2D eigenvalue weighted by Crippen LogP contribution is 2.11. The SMILES string of the molecule is Cc1ccc(NC(=O)O[C@H]2CCCNC2)cc1. The third kappa shape index (κ3) is 3.75. The molecule has 0 aliphatic carbocycles. The fraction of sp³-hybridized carbons (Fsp3) is 0.462. The molecule has 1 aliphatic heterocycles. The van der Waals surface area contributed by atoms with Crippen molar-refractivity contribution in [1.82, 2.24) is 5.32 Å². The molecule has 1 fully saturated rings. The summed E-state index contributed by atoms with van der Waals surface area (Å²) in [5.41, 5.74) is 1.93. The molecule has 1 aromatic rings. The number of aryl methyl sites for hydroxylation is 1. The molecular formula is C13H18N2O2. The molecule has 0 aromatic heterocycles. The van der Waals surface area contributed by atoms with Gasteiger partial charge in [0.15, 0.2) is 0 Å². The quantitative estimate of drug-likeness (QED) is 0.825. The zero-order valence-electron chi connectivity index (χ0n) is 10.0. The minimum Gasteiger partial charge on any atom is -0.445 e. The van der Waals surface area contributed by atoms with Crippen LogP contribution >= 0.6 is 0 Å². The summed E-state index contributed by atoms with van der Waals surface area (Å²) in [7, 11) is 0. The fourth-order valence-electron chi connectivity index (χ4n) is 1.86. The van der Waals surface area contributed by atoms with Crippen LogP contribution in [0.2, 0.25) is 0 Å². The van der Waals surface area contributed by atoms with Crippen LogP contribution in [0, 0.1) is 6.92 Å². The monoisotopic (exact) mass is 234 g/mol. The van der Waals surface area contributed by atoms with Gasteiger partial charge in [0.1, 0.15) is 6.10 Å². The molecule has 1 aromatic carbocycles. The van der Waals surface area contributed by atoms with Crippen molar-refractivity contribution in [2.45, 2.75) is 25.9 Å². The van der Waals surface area contributed by atoms with Crippen molar-refractivity contribution >= 4 is 11.8 Å². The van der Waals surface area contributed by atoms with Crippen molar-refractivity contribution in [3.63, 3.8) is 0 Å². The van der Waals surface area contributed by atoms with E-state index in [9.17, 15) is 4.79 Å². The first kappa shape index (κ1) is 11.9. The van der Waals surface area contributed by atoms with Gasteiger partial charge in [-0.25, -0.2) is 4.79 Å². The minimum atomic E-state index is -0.373. The smallest absolute Gasteiger partial charge is 0.411 e. The van der Waals surface area contributed by atoms with Crippen molar-refractivity contribution in [1.29, 1.82) is 0 Å². The molecule has 2 N–H and O–H groups in total. The molecule has 1 saturated heterocycles. The van der Waals surface area contributed by atoms with Gasteiger partial charge in [-0.15, -0.1) is 0 Å². The van der Waals surface area contributed by atoms with Gasteiger partial charge in [-0.1, -0.05) is 17.7 Å². The van der Waals surface area contributed by atoms with E-state index in [0.717, 1.165) is 31.6 Å². The van der Waals surface area contributed by atoms with Gasteiger partial charge in [0.25, 0.3) is 0 Å². The van der Waals surface area contributed by atoms with Gasteiger partial charge in [-0.3, -0.25) is 5.32 Å². The molecule has 0 saturated carbocycles. The number of rotatable bonds is 2. The lowest BCUT2D eigenvalue weighted by atomic mass is 10.1. The van der Waals surface area contributed by atoms with Gasteiger partial charge in [-0.2, -0.15) is 0 Å². The van der Waals surface area contributed by atoms with E-state index in [1.807, 2.05) is 31.2 Å². The summed E-state index contributed by atoms with van der Waals surface area (Å²) in [6.07, 6.45) is 1.62. The van der Waals surface area contributed by atoms with Gasteiger partial charge in [0, 0.05) is 12.2 Å². The Labute approximate surface area is 101 Å². The Balaban J connectivity index is 1.82. The highest BCUT2D eigenvalue weighted by atomic mass is 16.6. The molecule has 0 radical (unpaired) electrons. The maximum absolute atomic E-state index is 11.6. The van der Waals surface area contributed by atoms with Gasteiger partial charge in [0.2, 0.25) is 0 Å². The molecule has 17 heavy (non-hydrogen) atoms. The van der Waals surface area contributed by atoms with Crippen LogP contribution in [0.5, 0.6) is 0 Å². The number of nitrogens with one attached hydrogen (secondary N) is 2. The predicted molar refractivity (Wildman–Crippen MR) is 67.2 cm³/mol. The molecule has 2 rings (SSSR count). The molecule has 0 bridgehead atoms. The lowest BCUT2D eigenvalue weighted by Gasteiger charge is -2.22. The lowest BCUT2D eigenvalue weighted by Crippen LogP contribution is -2.37. The second-order valence-corrected chi connectivity index (χ2v) is 4.36. The Morgan fingerprint density at radius 3 is 2.82 bits per heavy atom. The first-order valence-corrected chi connectivity index (χ1v) is 5.99. The second kappa shape index (κ2) is 5.68. The van der Waals surface area contributed by atoms with Crippen LogP contribution in [0.4, 0.5) is 10.5 Å². The average molecular weight is 234 g/mol. The predicted octanol–water partition coefficient (Wildman–Crippen LogP) is 2.30. The molecule has 92 valence electrons. The van der Waals surface area contributed by atoms with Crippen LogP contribution in [0.1, 0.15) is 18.4 Å².